The normalized spacial score (nSPS) is 22.0. The second-order valence-corrected chi connectivity index (χ2v) is 6.23. The zero-order valence-electron chi connectivity index (χ0n) is 14.3. The Hall–Kier alpha value is -1.51. The highest BCUT2D eigenvalue weighted by Crippen LogP contribution is 2.25. The highest BCUT2D eigenvalue weighted by molar-refractivity contribution is 5.86. The third kappa shape index (κ3) is 4.75. The first-order chi connectivity index (χ1) is 11.3. The molecule has 0 aromatic carbocycles. The van der Waals surface area contributed by atoms with Gasteiger partial charge in [-0.15, -0.1) is 0 Å². The predicted molar refractivity (Wildman–Crippen MR) is 85.8 cm³/mol. The Labute approximate surface area is 140 Å². The number of piperazine rings is 1. The van der Waals surface area contributed by atoms with Crippen molar-refractivity contribution >= 4 is 11.9 Å². The van der Waals surface area contributed by atoms with Gasteiger partial charge in [-0.3, -0.25) is 14.7 Å². The van der Waals surface area contributed by atoms with Crippen LogP contribution in [0.3, 0.4) is 0 Å². The van der Waals surface area contributed by atoms with E-state index >= 15 is 0 Å². The van der Waals surface area contributed by atoms with E-state index in [1.165, 1.54) is 11.8 Å². The molecule has 1 atom stereocenters. The topological polar surface area (TPSA) is 51.2 Å². The van der Waals surface area contributed by atoms with Crippen LogP contribution in [0.15, 0.2) is 4.99 Å². The van der Waals surface area contributed by atoms with Crippen LogP contribution in [0.25, 0.3) is 0 Å². The van der Waals surface area contributed by atoms with Crippen LogP contribution in [0.4, 0.5) is 13.2 Å². The van der Waals surface area contributed by atoms with Crippen LogP contribution in [-0.2, 0) is 4.79 Å². The minimum absolute atomic E-state index is 0.0398. The van der Waals surface area contributed by atoms with Crippen LogP contribution in [0, 0.1) is 0 Å². The van der Waals surface area contributed by atoms with Gasteiger partial charge in [0.05, 0.1) is 6.54 Å². The Balaban J connectivity index is 1.79. The number of hydrogen-bond donors (Lipinski definition) is 1. The molecule has 0 bridgehead atoms. The van der Waals surface area contributed by atoms with Crippen molar-refractivity contribution in [1.82, 2.24) is 20.0 Å². The van der Waals surface area contributed by atoms with Gasteiger partial charge in [0, 0.05) is 46.3 Å². The SMILES string of the molecule is CN=C(NCC(=O)N1CCCC1)N1CCN(C(C)C(F)(F)F)CC1. The molecule has 24 heavy (non-hydrogen) atoms. The molecule has 6 nitrogen and oxygen atoms in total. The average Bonchev–Trinajstić information content (AvgIpc) is 3.09. The van der Waals surface area contributed by atoms with Crippen molar-refractivity contribution < 1.29 is 18.0 Å². The summed E-state index contributed by atoms with van der Waals surface area (Å²) < 4.78 is 38.3. The van der Waals surface area contributed by atoms with Gasteiger partial charge >= 0.3 is 6.18 Å². The van der Waals surface area contributed by atoms with Gasteiger partial charge in [-0.2, -0.15) is 13.2 Å². The van der Waals surface area contributed by atoms with E-state index in [4.69, 9.17) is 0 Å². The van der Waals surface area contributed by atoms with E-state index in [9.17, 15) is 18.0 Å². The third-order valence-electron chi connectivity index (χ3n) is 4.70. The average molecular weight is 349 g/mol. The van der Waals surface area contributed by atoms with Gasteiger partial charge in [0.1, 0.15) is 6.04 Å². The Morgan fingerprint density at radius 3 is 2.17 bits per heavy atom. The van der Waals surface area contributed by atoms with Gasteiger partial charge in [-0.25, -0.2) is 0 Å². The lowest BCUT2D eigenvalue weighted by atomic mass is 10.2. The first-order valence-corrected chi connectivity index (χ1v) is 8.37. The Morgan fingerprint density at radius 1 is 1.08 bits per heavy atom. The van der Waals surface area contributed by atoms with Crippen molar-refractivity contribution in [3.63, 3.8) is 0 Å². The summed E-state index contributed by atoms with van der Waals surface area (Å²) in [5, 5.41) is 3.03. The van der Waals surface area contributed by atoms with Crippen molar-refractivity contribution in [2.45, 2.75) is 32.0 Å². The largest absolute Gasteiger partial charge is 0.403 e. The molecule has 2 aliphatic heterocycles. The number of carbonyl (C=O) groups is 1. The summed E-state index contributed by atoms with van der Waals surface area (Å²) in [5.74, 6) is 0.611. The number of aliphatic imine (C=N–C) groups is 1. The minimum Gasteiger partial charge on any atom is -0.347 e. The molecule has 0 radical (unpaired) electrons. The highest BCUT2D eigenvalue weighted by atomic mass is 19.4. The van der Waals surface area contributed by atoms with E-state index in [0.717, 1.165) is 25.9 Å². The predicted octanol–water partition coefficient (Wildman–Crippen LogP) is 0.753. The summed E-state index contributed by atoms with van der Waals surface area (Å²) in [6.45, 7) is 4.52. The molecule has 1 unspecified atom stereocenters. The molecule has 2 aliphatic rings. The number of alkyl halides is 3. The molecule has 0 aromatic rings. The minimum atomic E-state index is -4.20. The molecule has 9 heteroatoms. The second kappa shape index (κ2) is 8.04. The number of guanidine groups is 1. The van der Waals surface area contributed by atoms with E-state index in [0.29, 0.717) is 32.1 Å². The summed E-state index contributed by atoms with van der Waals surface area (Å²) in [4.78, 5) is 21.4. The van der Waals surface area contributed by atoms with Crippen LogP contribution in [0.5, 0.6) is 0 Å². The molecule has 2 fully saturated rings. The number of amides is 1. The maximum Gasteiger partial charge on any atom is 0.403 e. The zero-order valence-corrected chi connectivity index (χ0v) is 14.3. The van der Waals surface area contributed by atoms with Crippen molar-refractivity contribution in [3.05, 3.63) is 0 Å². The molecule has 0 aliphatic carbocycles. The Kier molecular flexibility index (Phi) is 6.31. The molecular formula is C15H26F3N5O. The standard InChI is InChI=1S/C15H26F3N5O/c1-12(15(16,17)18)21-7-9-23(10-8-21)14(19-2)20-11-13(24)22-5-3-4-6-22/h12H,3-11H2,1-2H3,(H,19,20). The Morgan fingerprint density at radius 2 is 1.67 bits per heavy atom. The number of hydrogen-bond acceptors (Lipinski definition) is 3. The summed E-state index contributed by atoms with van der Waals surface area (Å²) in [7, 11) is 1.62. The molecule has 138 valence electrons. The van der Waals surface area contributed by atoms with Crippen LogP contribution < -0.4 is 5.32 Å². The zero-order chi connectivity index (χ0) is 17.7. The molecule has 1 N–H and O–H groups in total. The lowest BCUT2D eigenvalue weighted by molar-refractivity contribution is -0.181. The molecule has 0 saturated carbocycles. The number of halogens is 3. The van der Waals surface area contributed by atoms with Gasteiger partial charge in [0.25, 0.3) is 0 Å². The second-order valence-electron chi connectivity index (χ2n) is 6.23. The molecule has 0 spiro atoms. The number of rotatable bonds is 3. The van der Waals surface area contributed by atoms with Gasteiger partial charge in [0.15, 0.2) is 5.96 Å². The maximum atomic E-state index is 12.8. The summed E-state index contributed by atoms with van der Waals surface area (Å²) in [6.07, 6.45) is -2.12. The number of nitrogens with zero attached hydrogens (tertiary/aromatic N) is 4. The fourth-order valence-corrected chi connectivity index (χ4v) is 3.09. The lowest BCUT2D eigenvalue weighted by Gasteiger charge is -2.39. The Bertz CT molecular complexity index is 455. The third-order valence-corrected chi connectivity index (χ3v) is 4.70. The molecule has 2 heterocycles. The smallest absolute Gasteiger partial charge is 0.347 e. The van der Waals surface area contributed by atoms with Crippen LogP contribution >= 0.6 is 0 Å². The summed E-state index contributed by atoms with van der Waals surface area (Å²) in [5.41, 5.74) is 0. The molecule has 2 rings (SSSR count). The molecule has 1 amide bonds. The van der Waals surface area contributed by atoms with Crippen molar-refractivity contribution in [2.24, 2.45) is 4.99 Å². The van der Waals surface area contributed by atoms with E-state index in [-0.39, 0.29) is 12.5 Å². The van der Waals surface area contributed by atoms with Crippen LogP contribution in [-0.4, -0.2) is 91.6 Å². The number of likely N-dealkylation sites (tertiary alicyclic amines) is 1. The van der Waals surface area contributed by atoms with E-state index in [1.807, 2.05) is 9.80 Å². The van der Waals surface area contributed by atoms with E-state index < -0.39 is 12.2 Å². The molecular weight excluding hydrogens is 323 g/mol. The monoisotopic (exact) mass is 349 g/mol. The number of nitrogens with one attached hydrogen (secondary N) is 1. The van der Waals surface area contributed by atoms with Gasteiger partial charge in [-0.1, -0.05) is 0 Å². The molecule has 2 saturated heterocycles. The van der Waals surface area contributed by atoms with Crippen LogP contribution in [0.1, 0.15) is 19.8 Å². The quantitative estimate of drug-likeness (QED) is 0.604. The van der Waals surface area contributed by atoms with Crippen molar-refractivity contribution in [3.8, 4) is 0 Å². The first kappa shape index (κ1) is 18.8. The van der Waals surface area contributed by atoms with E-state index in [1.54, 1.807) is 7.05 Å². The lowest BCUT2D eigenvalue weighted by Crippen LogP contribution is -2.57. The number of carbonyl (C=O) groups excluding carboxylic acids is 1. The van der Waals surface area contributed by atoms with Gasteiger partial charge < -0.3 is 15.1 Å². The van der Waals surface area contributed by atoms with Gasteiger partial charge in [0.2, 0.25) is 5.91 Å². The van der Waals surface area contributed by atoms with Gasteiger partial charge in [-0.05, 0) is 19.8 Å². The fraction of sp³-hybridized carbons (Fsp3) is 0.867. The van der Waals surface area contributed by atoms with Crippen molar-refractivity contribution in [1.29, 1.82) is 0 Å². The van der Waals surface area contributed by atoms with Crippen molar-refractivity contribution in [2.75, 3.05) is 52.9 Å². The summed E-state index contributed by atoms with van der Waals surface area (Å²) >= 11 is 0. The maximum absolute atomic E-state index is 12.8. The van der Waals surface area contributed by atoms with E-state index in [2.05, 4.69) is 10.3 Å². The highest BCUT2D eigenvalue weighted by Gasteiger charge is 2.41. The van der Waals surface area contributed by atoms with Crippen LogP contribution in [0.2, 0.25) is 0 Å². The fourth-order valence-electron chi connectivity index (χ4n) is 3.09. The summed E-state index contributed by atoms with van der Waals surface area (Å²) in [6, 6.07) is -1.44. The molecule has 0 aromatic heterocycles. The first-order valence-electron chi connectivity index (χ1n) is 8.37.